The van der Waals surface area contributed by atoms with Gasteiger partial charge in [-0.2, -0.15) is 0 Å². The summed E-state index contributed by atoms with van der Waals surface area (Å²) in [6.07, 6.45) is 1.34. The lowest BCUT2D eigenvalue weighted by molar-refractivity contribution is -0.119. The van der Waals surface area contributed by atoms with E-state index in [4.69, 9.17) is 39.5 Å². The van der Waals surface area contributed by atoms with Crippen molar-refractivity contribution in [2.75, 3.05) is 11.9 Å². The number of carbonyl (C=O) groups is 2. The molecule has 0 aliphatic carbocycles. The van der Waals surface area contributed by atoms with Crippen LogP contribution < -0.4 is 5.32 Å². The minimum absolute atomic E-state index is 0.123. The van der Waals surface area contributed by atoms with Crippen LogP contribution in [-0.4, -0.2) is 28.5 Å². The van der Waals surface area contributed by atoms with Crippen molar-refractivity contribution >= 4 is 74.7 Å². The highest BCUT2D eigenvalue weighted by molar-refractivity contribution is 7.19. The second-order valence-corrected chi connectivity index (χ2v) is 8.84. The fraction of sp³-hybridized carbons (Fsp3) is 0.0476. The Morgan fingerprint density at radius 1 is 1.06 bits per heavy atom. The van der Waals surface area contributed by atoms with E-state index in [0.29, 0.717) is 31.5 Å². The molecule has 0 fully saturated rings. The molecule has 0 saturated carbocycles. The lowest BCUT2D eigenvalue weighted by Gasteiger charge is -2.10. The summed E-state index contributed by atoms with van der Waals surface area (Å²) < 4.78 is 5.84. The van der Waals surface area contributed by atoms with Crippen LogP contribution in [0.3, 0.4) is 0 Å². The zero-order valence-corrected chi connectivity index (χ0v) is 18.6. The summed E-state index contributed by atoms with van der Waals surface area (Å²) in [6, 6.07) is 13.8. The highest BCUT2D eigenvalue weighted by atomic mass is 35.5. The number of rotatable bonds is 5. The molecule has 0 radical (unpaired) electrons. The van der Waals surface area contributed by atoms with Gasteiger partial charge in [-0.05, 0) is 30.3 Å². The van der Waals surface area contributed by atoms with E-state index in [1.54, 1.807) is 30.3 Å². The minimum atomic E-state index is -0.659. The highest BCUT2D eigenvalue weighted by Crippen LogP contribution is 2.32. The maximum atomic E-state index is 12.8. The van der Waals surface area contributed by atoms with Crippen LogP contribution in [0.1, 0.15) is 10.4 Å². The molecular formula is C21H12Cl3N3O3S. The molecule has 1 N–H and O–H groups in total. The Bertz CT molecular complexity index is 1310. The predicted octanol–water partition coefficient (Wildman–Crippen LogP) is 6.11. The number of pyridine rings is 2. The molecule has 6 nitrogen and oxygen atoms in total. The average molecular weight is 493 g/mol. The van der Waals surface area contributed by atoms with Gasteiger partial charge < -0.3 is 10.1 Å². The first-order chi connectivity index (χ1) is 14.9. The van der Waals surface area contributed by atoms with Gasteiger partial charge in [0.2, 0.25) is 0 Å². The Morgan fingerprint density at radius 2 is 1.87 bits per heavy atom. The molecule has 1 aromatic carbocycles. The molecule has 0 atom stereocenters. The monoisotopic (exact) mass is 491 g/mol. The van der Waals surface area contributed by atoms with Crippen LogP contribution in [0.25, 0.3) is 21.5 Å². The van der Waals surface area contributed by atoms with Gasteiger partial charge in [0.25, 0.3) is 5.91 Å². The first kappa shape index (κ1) is 21.5. The molecule has 0 unspecified atom stereocenters. The molecule has 0 bridgehead atoms. The largest absolute Gasteiger partial charge is 0.452 e. The van der Waals surface area contributed by atoms with E-state index < -0.39 is 18.5 Å². The van der Waals surface area contributed by atoms with Gasteiger partial charge >= 0.3 is 5.97 Å². The summed E-state index contributed by atoms with van der Waals surface area (Å²) in [5, 5.41) is 3.60. The number of nitrogens with zero attached hydrogens (tertiary/aromatic N) is 2. The SMILES string of the molecule is O=C(COC(=O)c1cc(-c2ccc(Cl)s2)nc2ccccc12)Nc1ncc(Cl)cc1Cl. The fourth-order valence-corrected chi connectivity index (χ4v) is 4.24. The Balaban J connectivity index is 1.55. The molecule has 10 heteroatoms. The average Bonchev–Trinajstić information content (AvgIpc) is 3.19. The van der Waals surface area contributed by atoms with Gasteiger partial charge in [0.05, 0.1) is 36.0 Å². The van der Waals surface area contributed by atoms with Crippen molar-refractivity contribution in [1.29, 1.82) is 0 Å². The molecular weight excluding hydrogens is 481 g/mol. The number of anilines is 1. The van der Waals surface area contributed by atoms with E-state index in [1.165, 1.54) is 23.6 Å². The van der Waals surface area contributed by atoms with Crippen molar-refractivity contribution in [2.45, 2.75) is 0 Å². The molecule has 31 heavy (non-hydrogen) atoms. The Kier molecular flexibility index (Phi) is 6.38. The lowest BCUT2D eigenvalue weighted by atomic mass is 10.1. The topological polar surface area (TPSA) is 81.2 Å². The molecule has 4 rings (SSSR count). The van der Waals surface area contributed by atoms with E-state index in [2.05, 4.69) is 15.3 Å². The molecule has 0 saturated heterocycles. The minimum Gasteiger partial charge on any atom is -0.452 e. The Labute approximate surface area is 195 Å². The number of esters is 1. The number of para-hydroxylation sites is 1. The third-order valence-corrected chi connectivity index (χ3v) is 5.91. The number of thiophene rings is 1. The van der Waals surface area contributed by atoms with Gasteiger partial charge in [0, 0.05) is 11.6 Å². The highest BCUT2D eigenvalue weighted by Gasteiger charge is 2.18. The number of halogens is 3. The van der Waals surface area contributed by atoms with Crippen molar-refractivity contribution in [1.82, 2.24) is 9.97 Å². The summed E-state index contributed by atoms with van der Waals surface area (Å²) in [6.45, 7) is -0.518. The lowest BCUT2D eigenvalue weighted by Crippen LogP contribution is -2.21. The van der Waals surface area contributed by atoms with Crippen molar-refractivity contribution in [3.05, 3.63) is 74.7 Å². The van der Waals surface area contributed by atoms with Gasteiger partial charge in [-0.25, -0.2) is 14.8 Å². The summed E-state index contributed by atoms with van der Waals surface area (Å²) >= 11 is 19.2. The second-order valence-electron chi connectivity index (χ2n) is 6.28. The van der Waals surface area contributed by atoms with Crippen LogP contribution in [0.4, 0.5) is 5.82 Å². The number of hydrogen-bond acceptors (Lipinski definition) is 6. The number of nitrogens with one attached hydrogen (secondary N) is 1. The van der Waals surface area contributed by atoms with Gasteiger partial charge in [0.15, 0.2) is 12.4 Å². The standard InChI is InChI=1S/C21H12Cl3N3O3S/c22-11-7-14(23)20(25-9-11)27-19(28)10-30-21(29)13-8-16(17-5-6-18(24)31-17)26-15-4-2-1-3-12(13)15/h1-9H,10H2,(H,25,27,28). The van der Waals surface area contributed by atoms with Crippen molar-refractivity contribution < 1.29 is 14.3 Å². The molecule has 156 valence electrons. The number of amides is 1. The smallest absolute Gasteiger partial charge is 0.339 e. The predicted molar refractivity (Wildman–Crippen MR) is 123 cm³/mol. The first-order valence-electron chi connectivity index (χ1n) is 8.84. The van der Waals surface area contributed by atoms with Crippen LogP contribution in [0, 0.1) is 0 Å². The van der Waals surface area contributed by atoms with Crippen LogP contribution in [0.15, 0.2) is 54.7 Å². The van der Waals surface area contributed by atoms with Gasteiger partial charge in [0.1, 0.15) is 0 Å². The van der Waals surface area contributed by atoms with Gasteiger partial charge in [-0.3, -0.25) is 4.79 Å². The number of hydrogen-bond donors (Lipinski definition) is 1. The molecule has 3 heterocycles. The number of benzene rings is 1. The summed E-state index contributed by atoms with van der Waals surface area (Å²) in [4.78, 5) is 34.3. The molecule has 0 spiro atoms. The molecule has 4 aromatic rings. The molecule has 1 amide bonds. The Hall–Kier alpha value is -2.71. The molecule has 0 aliphatic rings. The van der Waals surface area contributed by atoms with E-state index in [-0.39, 0.29) is 10.8 Å². The normalized spacial score (nSPS) is 10.8. The number of ether oxygens (including phenoxy) is 1. The van der Waals surface area contributed by atoms with Crippen molar-refractivity contribution in [3.8, 4) is 10.6 Å². The molecule has 0 aliphatic heterocycles. The fourth-order valence-electron chi connectivity index (χ4n) is 2.81. The second kappa shape index (κ2) is 9.20. The van der Waals surface area contributed by atoms with Gasteiger partial charge in [-0.15, -0.1) is 11.3 Å². The maximum Gasteiger partial charge on any atom is 0.339 e. The zero-order valence-electron chi connectivity index (χ0n) is 15.6. The number of aromatic nitrogens is 2. The third-order valence-electron chi connectivity index (χ3n) is 4.16. The van der Waals surface area contributed by atoms with E-state index in [1.807, 2.05) is 12.1 Å². The van der Waals surface area contributed by atoms with Crippen LogP contribution in [-0.2, 0) is 9.53 Å². The molecule has 3 aromatic heterocycles. The van der Waals surface area contributed by atoms with Crippen molar-refractivity contribution in [2.24, 2.45) is 0 Å². The van der Waals surface area contributed by atoms with E-state index in [0.717, 1.165) is 4.88 Å². The van der Waals surface area contributed by atoms with Gasteiger partial charge in [-0.1, -0.05) is 53.0 Å². The van der Waals surface area contributed by atoms with Crippen LogP contribution in [0.2, 0.25) is 14.4 Å². The van der Waals surface area contributed by atoms with E-state index >= 15 is 0 Å². The summed E-state index contributed by atoms with van der Waals surface area (Å²) in [7, 11) is 0. The number of carbonyl (C=O) groups excluding carboxylic acids is 2. The number of fused-ring (bicyclic) bond motifs is 1. The Morgan fingerprint density at radius 3 is 2.61 bits per heavy atom. The van der Waals surface area contributed by atoms with Crippen LogP contribution >= 0.6 is 46.1 Å². The quantitative estimate of drug-likeness (QED) is 0.340. The van der Waals surface area contributed by atoms with Crippen LogP contribution in [0.5, 0.6) is 0 Å². The van der Waals surface area contributed by atoms with E-state index in [9.17, 15) is 9.59 Å². The first-order valence-corrected chi connectivity index (χ1v) is 10.8. The zero-order chi connectivity index (χ0) is 22.0. The van der Waals surface area contributed by atoms with Crippen molar-refractivity contribution in [3.63, 3.8) is 0 Å². The third kappa shape index (κ3) is 4.97. The summed E-state index contributed by atoms with van der Waals surface area (Å²) in [5.74, 6) is -1.13. The summed E-state index contributed by atoms with van der Waals surface area (Å²) in [5.41, 5.74) is 1.50. The maximum absolute atomic E-state index is 12.8.